The summed E-state index contributed by atoms with van der Waals surface area (Å²) in [5, 5.41) is 23.0. The first-order valence-electron chi connectivity index (χ1n) is 20.4. The third kappa shape index (κ3) is 11.9. The zero-order chi connectivity index (χ0) is 44.0. The topological polar surface area (TPSA) is 74.6 Å². The summed E-state index contributed by atoms with van der Waals surface area (Å²) in [7, 11) is 0. The smallest absolute Gasteiger partial charge is 0.323 e. The minimum Gasteiger partial charge on any atom is -0.480 e. The molecule has 0 spiro atoms. The Morgan fingerprint density at radius 2 is 0.790 bits per heavy atom. The number of fused-ring (bicyclic) bond motifs is 1. The second-order valence-electron chi connectivity index (χ2n) is 14.5. The molecule has 0 fully saturated rings. The van der Waals surface area contributed by atoms with Crippen molar-refractivity contribution in [2.45, 2.75) is 30.3 Å². The molecule has 1 aliphatic rings. The maximum absolute atomic E-state index is 12.4. The average molecular weight is 863 g/mol. The molecular weight excluding hydrogens is 813 g/mol. The fourth-order valence-electron chi connectivity index (χ4n) is 7.28. The predicted molar refractivity (Wildman–Crippen MR) is 252 cm³/mol. The van der Waals surface area contributed by atoms with Crippen molar-refractivity contribution in [2.75, 3.05) is 0 Å². The Bertz CT molecular complexity index is 2250. The number of hydrogen-bond acceptors (Lipinski definition) is 2. The largest absolute Gasteiger partial charge is 0.480 e. The fraction of sp³-hybridized carbons (Fsp3) is 0.0893. The molecule has 8 aromatic rings. The Morgan fingerprint density at radius 1 is 0.500 bits per heavy atom. The van der Waals surface area contributed by atoms with E-state index < -0.39 is 22.8 Å². The van der Waals surface area contributed by atoms with Gasteiger partial charge in [0.1, 0.15) is 10.8 Å². The Kier molecular flexibility index (Phi) is 18.1. The monoisotopic (exact) mass is 862 g/mol. The van der Waals surface area contributed by atoms with Crippen molar-refractivity contribution in [2.24, 2.45) is 0 Å². The third-order valence-electron chi connectivity index (χ3n) is 10.0. The second kappa shape index (κ2) is 24.1. The zero-order valence-corrected chi connectivity index (χ0v) is 37.6. The van der Waals surface area contributed by atoms with Crippen molar-refractivity contribution < 1.29 is 39.0 Å². The van der Waals surface area contributed by atoms with Crippen molar-refractivity contribution >= 4 is 28.9 Å². The van der Waals surface area contributed by atoms with Gasteiger partial charge in [-0.1, -0.05) is 188 Å². The van der Waals surface area contributed by atoms with Crippen LogP contribution in [0, 0.1) is 6.08 Å². The minimum absolute atomic E-state index is 0.120. The molecule has 0 amide bonds. The van der Waals surface area contributed by atoms with Crippen molar-refractivity contribution in [1.82, 2.24) is 0 Å². The summed E-state index contributed by atoms with van der Waals surface area (Å²) in [6.45, 7) is 4.54. The molecule has 8 aromatic carbocycles. The van der Waals surface area contributed by atoms with Crippen LogP contribution in [0.1, 0.15) is 39.8 Å². The fourth-order valence-corrected chi connectivity index (χ4v) is 7.28. The van der Waals surface area contributed by atoms with Crippen LogP contribution in [0.15, 0.2) is 243 Å². The maximum atomic E-state index is 12.4. The van der Waals surface area contributed by atoms with Crippen LogP contribution >= 0.6 is 0 Å². The molecule has 0 atom stereocenters. The van der Waals surface area contributed by atoms with Gasteiger partial charge in [-0.3, -0.25) is 15.7 Å². The Hall–Kier alpha value is -6.50. The summed E-state index contributed by atoms with van der Waals surface area (Å²) < 4.78 is 0. The quantitative estimate of drug-likeness (QED) is 0.0907. The van der Waals surface area contributed by atoms with Crippen LogP contribution in [0.3, 0.4) is 0 Å². The van der Waals surface area contributed by atoms with Crippen molar-refractivity contribution in [3.8, 4) is 0 Å². The standard InChI is InChI=1S/2C20H16O2.C9H7.C5H5.C2H6Si.Ti/c2*21-19(22)20(16-10-4-1-5-11-16,17-12-6-2-7-13-17)18-14-8-3-9-15-18;1-2-5-9-7-3-6-8(9)4-1;1-2-4-5-3-1;1-3-2;/h2*1-15H,(H,21,22);1-7H;1-3H,4H2;1-2H3;/q;;2*-1;;+2. The number of carboxylic acids is 2. The molecule has 0 aliphatic heterocycles. The normalized spacial score (nSPS) is 11.2. The molecule has 1 aliphatic carbocycles. The molecule has 2 N–H and O–H groups in total. The van der Waals surface area contributed by atoms with Crippen LogP contribution in [0.5, 0.6) is 0 Å². The molecule has 0 saturated heterocycles. The number of aliphatic carboxylic acids is 2. The second-order valence-corrected chi connectivity index (χ2v) is 21.1. The van der Waals surface area contributed by atoms with Gasteiger partial charge < -0.3 is 10.2 Å². The summed E-state index contributed by atoms with van der Waals surface area (Å²) in [6, 6.07) is 71.0. The predicted octanol–water partition coefficient (Wildman–Crippen LogP) is 12.9. The molecule has 0 aromatic heterocycles. The van der Waals surface area contributed by atoms with Gasteiger partial charge in [-0.15, -0.1) is 36.1 Å². The van der Waals surface area contributed by atoms with Crippen molar-refractivity contribution in [1.29, 1.82) is 0 Å². The van der Waals surface area contributed by atoms with E-state index in [1.807, 2.05) is 194 Å². The van der Waals surface area contributed by atoms with Crippen molar-refractivity contribution in [3.05, 3.63) is 282 Å². The van der Waals surface area contributed by atoms with Gasteiger partial charge in [0.25, 0.3) is 0 Å². The molecule has 9 rings (SSSR count). The molecule has 0 heterocycles. The Balaban J connectivity index is 0.000000168. The third-order valence-corrected chi connectivity index (χ3v) is 10.0. The van der Waals surface area contributed by atoms with Crippen molar-refractivity contribution in [3.63, 3.8) is 0 Å². The van der Waals surface area contributed by atoms with Gasteiger partial charge in [0.05, 0.1) is 0 Å². The van der Waals surface area contributed by atoms with Gasteiger partial charge in [-0.05, 0) is 33.4 Å². The molecule has 0 unspecified atom stereocenters. The first-order valence-corrected chi connectivity index (χ1v) is 25.2. The number of carbonyl (C=O) groups is 2. The van der Waals surface area contributed by atoms with E-state index in [1.54, 1.807) is 0 Å². The van der Waals surface area contributed by atoms with Crippen LogP contribution in [0.4, 0.5) is 0 Å². The van der Waals surface area contributed by atoms with Crippen LogP contribution in [-0.4, -0.2) is 28.3 Å². The minimum atomic E-state index is -1.20. The van der Waals surface area contributed by atoms with Crippen LogP contribution in [-0.2, 0) is 39.6 Å². The van der Waals surface area contributed by atoms with Crippen LogP contribution in [0.2, 0.25) is 13.1 Å². The van der Waals surface area contributed by atoms with Gasteiger partial charge >= 0.3 is 50.4 Å². The number of carboxylic acid groups (broad SMARTS) is 2. The molecule has 62 heavy (non-hydrogen) atoms. The molecule has 6 heteroatoms. The van der Waals surface area contributed by atoms with Gasteiger partial charge in [-0.2, -0.15) is 23.6 Å². The Morgan fingerprint density at radius 3 is 1.02 bits per heavy atom. The number of rotatable bonds is 8. The van der Waals surface area contributed by atoms with E-state index in [0.717, 1.165) is 39.8 Å². The van der Waals surface area contributed by atoms with E-state index in [-0.39, 0.29) is 6.19 Å². The number of allylic oxidation sites excluding steroid dienone is 4. The van der Waals surface area contributed by atoms with Gasteiger partial charge in [0.15, 0.2) is 0 Å². The summed E-state index contributed by atoms with van der Waals surface area (Å²) in [5.74, 6) is -1.76. The summed E-state index contributed by atoms with van der Waals surface area (Å²) in [4.78, 5) is 24.8. The van der Waals surface area contributed by atoms with Gasteiger partial charge in [0.2, 0.25) is 0 Å². The first kappa shape index (κ1) is 46.6. The van der Waals surface area contributed by atoms with Crippen LogP contribution < -0.4 is 0 Å². The molecule has 0 radical (unpaired) electrons. The maximum Gasteiger partial charge on any atom is 0.323 e. The molecule has 306 valence electrons. The number of benzene rings is 7. The van der Waals surface area contributed by atoms with E-state index >= 15 is 0 Å². The first-order chi connectivity index (χ1) is 30.2. The SMILES string of the molecule is C[Si](C)=[Ti+2].O=C(O)C(c1ccccc1)(c1ccccc1)c1ccccc1.O=C(O)C(c1ccccc1)(c1ccccc1)c1ccccc1.[C-]1=CC=CC1.c1ccc2[cH-]ccc2c1. The number of hydrogen-bond donors (Lipinski definition) is 2. The van der Waals surface area contributed by atoms with E-state index in [0.29, 0.717) is 0 Å². The molecule has 4 nitrogen and oxygen atoms in total. The molecule has 0 bridgehead atoms. The van der Waals surface area contributed by atoms with Gasteiger partial charge in [-0.25, -0.2) is 12.2 Å². The van der Waals surface area contributed by atoms with E-state index in [1.165, 1.54) is 10.8 Å². The van der Waals surface area contributed by atoms with Gasteiger partial charge in [0, 0.05) is 0 Å². The Labute approximate surface area is 378 Å². The summed E-state index contributed by atoms with van der Waals surface area (Å²) in [5.41, 5.74) is 2.09. The summed E-state index contributed by atoms with van der Waals surface area (Å²) >= 11 is 2.27. The zero-order valence-electron chi connectivity index (χ0n) is 35.0. The average Bonchev–Trinajstić information content (AvgIpc) is 4.06. The van der Waals surface area contributed by atoms with Crippen LogP contribution in [0.25, 0.3) is 10.8 Å². The molecule has 0 saturated carbocycles. The van der Waals surface area contributed by atoms with E-state index in [9.17, 15) is 19.8 Å². The van der Waals surface area contributed by atoms with E-state index in [2.05, 4.69) is 86.9 Å². The molecular formula is C56H50O4SiTi. The van der Waals surface area contributed by atoms with E-state index in [4.69, 9.17) is 0 Å². The summed E-state index contributed by atoms with van der Waals surface area (Å²) in [6.07, 6.45) is 10.1.